The lowest BCUT2D eigenvalue weighted by atomic mass is 10.1. The fraction of sp³-hybridized carbons (Fsp3) is 0.576. The molecule has 0 saturated carbocycles. The van der Waals surface area contributed by atoms with E-state index in [2.05, 4.69) is 142 Å². The van der Waals surface area contributed by atoms with Crippen molar-refractivity contribution in [1.82, 2.24) is 0 Å². The van der Waals surface area contributed by atoms with Gasteiger partial charge >= 0.3 is 17.9 Å². The van der Waals surface area contributed by atoms with E-state index >= 15 is 0 Å². The molecule has 0 saturated heterocycles. The van der Waals surface area contributed by atoms with Gasteiger partial charge in [0.15, 0.2) is 6.10 Å². The molecule has 0 aromatic rings. The van der Waals surface area contributed by atoms with E-state index in [1.807, 2.05) is 12.2 Å². The van der Waals surface area contributed by atoms with Gasteiger partial charge in [-0.3, -0.25) is 14.4 Å². The van der Waals surface area contributed by atoms with Gasteiger partial charge in [0, 0.05) is 19.3 Å². The molecule has 1 atom stereocenters. The molecule has 0 N–H and O–H groups in total. The minimum Gasteiger partial charge on any atom is -0.462 e. The summed E-state index contributed by atoms with van der Waals surface area (Å²) in [5.74, 6) is -1.09. The van der Waals surface area contributed by atoms with E-state index in [1.165, 1.54) is 51.4 Å². The molecule has 0 fully saturated rings. The van der Waals surface area contributed by atoms with Crippen molar-refractivity contribution < 1.29 is 28.6 Å². The lowest BCUT2D eigenvalue weighted by Crippen LogP contribution is -2.30. The lowest BCUT2D eigenvalue weighted by Gasteiger charge is -2.18. The topological polar surface area (TPSA) is 78.9 Å². The number of carbonyl (C=O) groups excluding carboxylic acids is 3. The highest BCUT2D eigenvalue weighted by atomic mass is 16.6. The molecule has 0 aliphatic heterocycles. The van der Waals surface area contributed by atoms with E-state index in [9.17, 15) is 14.4 Å². The van der Waals surface area contributed by atoms with E-state index in [0.717, 1.165) is 96.3 Å². The van der Waals surface area contributed by atoms with Crippen LogP contribution in [0.3, 0.4) is 0 Å². The van der Waals surface area contributed by atoms with Crippen LogP contribution in [0.15, 0.2) is 134 Å². The third-order valence-corrected chi connectivity index (χ3v) is 10.1. The molecule has 0 bridgehead atoms. The number of hydrogen-bond donors (Lipinski definition) is 0. The molecule has 0 heterocycles. The molecule has 0 radical (unpaired) electrons. The van der Waals surface area contributed by atoms with Gasteiger partial charge in [-0.25, -0.2) is 0 Å². The molecular weight excluding hydrogens is 805 g/mol. The Labute approximate surface area is 398 Å². The molecule has 6 heteroatoms. The van der Waals surface area contributed by atoms with E-state index in [0.29, 0.717) is 19.3 Å². The fourth-order valence-corrected chi connectivity index (χ4v) is 6.34. The Kier molecular flexibility index (Phi) is 48.6. The molecule has 65 heavy (non-hydrogen) atoms. The van der Waals surface area contributed by atoms with Crippen LogP contribution in [-0.4, -0.2) is 37.2 Å². The van der Waals surface area contributed by atoms with Gasteiger partial charge in [0.05, 0.1) is 0 Å². The smallest absolute Gasteiger partial charge is 0.306 e. The van der Waals surface area contributed by atoms with Crippen molar-refractivity contribution >= 4 is 17.9 Å². The van der Waals surface area contributed by atoms with Crippen LogP contribution in [0.25, 0.3) is 0 Å². The summed E-state index contributed by atoms with van der Waals surface area (Å²) in [7, 11) is 0. The maximum atomic E-state index is 12.8. The van der Waals surface area contributed by atoms with Crippen molar-refractivity contribution in [2.24, 2.45) is 0 Å². The molecule has 0 spiro atoms. The van der Waals surface area contributed by atoms with Crippen LogP contribution < -0.4 is 0 Å². The van der Waals surface area contributed by atoms with Gasteiger partial charge in [0.25, 0.3) is 0 Å². The minimum absolute atomic E-state index is 0.134. The van der Waals surface area contributed by atoms with Gasteiger partial charge in [-0.05, 0) is 116 Å². The molecule has 0 aliphatic rings. The second kappa shape index (κ2) is 52.2. The SMILES string of the molecule is CC/C=C\C/C=C\C/C=C\C/C=C\C/C=C\CCC(=O)OC(COC(=O)CCC/C=C\C/C=C\C/C=C\C/C=C\CCCCC)COC(=O)CCCCCCCCC/C=C\C/C=C\CC. The van der Waals surface area contributed by atoms with E-state index < -0.39 is 12.1 Å². The first-order valence-electron chi connectivity index (χ1n) is 25.7. The first-order chi connectivity index (χ1) is 32.0. The van der Waals surface area contributed by atoms with Gasteiger partial charge in [0.2, 0.25) is 0 Å². The van der Waals surface area contributed by atoms with Crippen LogP contribution in [0.4, 0.5) is 0 Å². The number of hydrogen-bond acceptors (Lipinski definition) is 6. The molecule has 0 aromatic heterocycles. The summed E-state index contributed by atoms with van der Waals surface area (Å²) in [4.78, 5) is 37.9. The Morgan fingerprint density at radius 2 is 0.646 bits per heavy atom. The van der Waals surface area contributed by atoms with Gasteiger partial charge in [-0.1, -0.05) is 199 Å². The normalized spacial score (nSPS) is 13.2. The average Bonchev–Trinajstić information content (AvgIpc) is 3.30. The Balaban J connectivity index is 4.62. The van der Waals surface area contributed by atoms with Crippen molar-refractivity contribution in [2.75, 3.05) is 13.2 Å². The highest BCUT2D eigenvalue weighted by Gasteiger charge is 2.19. The number of allylic oxidation sites excluding steroid dienone is 22. The molecular formula is C59H92O6. The Morgan fingerprint density at radius 3 is 1.06 bits per heavy atom. The Hall–Kier alpha value is -4.45. The number of rotatable bonds is 44. The molecule has 0 amide bonds. The summed E-state index contributed by atoms with van der Waals surface area (Å²) in [5, 5.41) is 0. The van der Waals surface area contributed by atoms with Crippen molar-refractivity contribution in [2.45, 2.75) is 207 Å². The highest BCUT2D eigenvalue weighted by molar-refractivity contribution is 5.71. The van der Waals surface area contributed by atoms with Gasteiger partial charge in [-0.2, -0.15) is 0 Å². The number of carbonyl (C=O) groups is 3. The zero-order valence-electron chi connectivity index (χ0n) is 41.4. The van der Waals surface area contributed by atoms with Crippen molar-refractivity contribution in [3.63, 3.8) is 0 Å². The van der Waals surface area contributed by atoms with E-state index in [1.54, 1.807) is 0 Å². The standard InChI is InChI=1S/C59H92O6/c1-4-7-10-13-16-19-22-25-28-30-32-34-37-40-43-46-49-52-58(61)64-55-56(54-63-57(60)51-48-45-42-39-36-33-27-24-21-18-15-12-9-6-3)65-59(62)53-50-47-44-41-38-35-31-29-26-23-20-17-14-11-8-5-2/h8-9,11-12,16-21,25-26,28-29,32,34-35,38,40,43-44,47,56H,4-7,10,13-15,22-24,27,30-31,33,36-37,39,41-42,45-46,48-55H2,1-3H3/b11-8-,12-9-,19-16-,20-17-,21-18-,28-25-,29-26-,34-32-,38-35-,43-40-,47-44-. The molecule has 1 unspecified atom stereocenters. The van der Waals surface area contributed by atoms with Crippen molar-refractivity contribution in [3.8, 4) is 0 Å². The van der Waals surface area contributed by atoms with Crippen LogP contribution in [0.1, 0.15) is 201 Å². The summed E-state index contributed by atoms with van der Waals surface area (Å²) < 4.78 is 16.7. The van der Waals surface area contributed by atoms with E-state index in [-0.39, 0.29) is 38.0 Å². The summed E-state index contributed by atoms with van der Waals surface area (Å²) in [6.07, 6.45) is 73.1. The zero-order chi connectivity index (χ0) is 47.2. The van der Waals surface area contributed by atoms with Crippen molar-refractivity contribution in [3.05, 3.63) is 134 Å². The predicted molar refractivity (Wildman–Crippen MR) is 279 cm³/mol. The number of esters is 3. The van der Waals surface area contributed by atoms with Crippen molar-refractivity contribution in [1.29, 1.82) is 0 Å². The Morgan fingerprint density at radius 1 is 0.323 bits per heavy atom. The largest absolute Gasteiger partial charge is 0.462 e. The minimum atomic E-state index is -0.847. The summed E-state index contributed by atoms with van der Waals surface area (Å²) in [6.45, 7) is 6.25. The van der Waals surface area contributed by atoms with Gasteiger partial charge in [-0.15, -0.1) is 0 Å². The molecule has 0 rings (SSSR count). The van der Waals surface area contributed by atoms with Crippen LogP contribution in [-0.2, 0) is 28.6 Å². The van der Waals surface area contributed by atoms with Gasteiger partial charge < -0.3 is 14.2 Å². The highest BCUT2D eigenvalue weighted by Crippen LogP contribution is 2.12. The van der Waals surface area contributed by atoms with Crippen LogP contribution in [0.5, 0.6) is 0 Å². The third kappa shape index (κ3) is 50.4. The number of unbranched alkanes of at least 4 members (excludes halogenated alkanes) is 11. The molecule has 0 aliphatic carbocycles. The van der Waals surface area contributed by atoms with Crippen LogP contribution >= 0.6 is 0 Å². The average molecular weight is 897 g/mol. The second-order valence-corrected chi connectivity index (χ2v) is 16.3. The van der Waals surface area contributed by atoms with Gasteiger partial charge in [0.1, 0.15) is 13.2 Å². The predicted octanol–water partition coefficient (Wildman–Crippen LogP) is 17.1. The second-order valence-electron chi connectivity index (χ2n) is 16.3. The summed E-state index contributed by atoms with van der Waals surface area (Å²) in [6, 6.07) is 0. The summed E-state index contributed by atoms with van der Waals surface area (Å²) in [5.41, 5.74) is 0. The molecule has 364 valence electrons. The molecule has 0 aromatic carbocycles. The van der Waals surface area contributed by atoms with Crippen LogP contribution in [0.2, 0.25) is 0 Å². The Bertz CT molecular complexity index is 1450. The first kappa shape index (κ1) is 60.5. The zero-order valence-corrected chi connectivity index (χ0v) is 41.4. The maximum absolute atomic E-state index is 12.8. The number of ether oxygens (including phenoxy) is 3. The quantitative estimate of drug-likeness (QED) is 0.0262. The first-order valence-corrected chi connectivity index (χ1v) is 25.7. The van der Waals surface area contributed by atoms with Crippen LogP contribution in [0, 0.1) is 0 Å². The molecule has 6 nitrogen and oxygen atoms in total. The fourth-order valence-electron chi connectivity index (χ4n) is 6.34. The van der Waals surface area contributed by atoms with E-state index in [4.69, 9.17) is 14.2 Å². The third-order valence-electron chi connectivity index (χ3n) is 10.1. The summed E-state index contributed by atoms with van der Waals surface area (Å²) >= 11 is 0. The monoisotopic (exact) mass is 897 g/mol. The lowest BCUT2D eigenvalue weighted by molar-refractivity contribution is -0.166. The maximum Gasteiger partial charge on any atom is 0.306 e.